The smallest absolute Gasteiger partial charge is 0.243 e. The third-order valence-corrected chi connectivity index (χ3v) is 7.23. The molecule has 0 radical (unpaired) electrons. The third-order valence-electron chi connectivity index (χ3n) is 4.28. The highest BCUT2D eigenvalue weighted by molar-refractivity contribution is 7.90. The number of likely N-dealkylation sites (N-methyl/N-ethyl adjacent to an activating group) is 1. The fraction of sp³-hybridized carbons (Fsp3) is 0.316. The van der Waals surface area contributed by atoms with E-state index in [2.05, 4.69) is 5.32 Å². The first-order valence-corrected chi connectivity index (χ1v) is 11.9. The van der Waals surface area contributed by atoms with Gasteiger partial charge in [0.2, 0.25) is 15.9 Å². The molecule has 0 spiro atoms. The summed E-state index contributed by atoms with van der Waals surface area (Å²) in [6.07, 6.45) is 1.12. The number of amides is 1. The maximum atomic E-state index is 12.6. The maximum Gasteiger partial charge on any atom is 0.243 e. The van der Waals surface area contributed by atoms with E-state index < -0.39 is 31.8 Å². The van der Waals surface area contributed by atoms with Gasteiger partial charge in [0.05, 0.1) is 22.4 Å². The Morgan fingerprint density at radius 3 is 1.96 bits per heavy atom. The zero-order valence-electron chi connectivity index (χ0n) is 16.2. The molecule has 9 heteroatoms. The third kappa shape index (κ3) is 5.40. The summed E-state index contributed by atoms with van der Waals surface area (Å²) in [7, 11) is -5.71. The van der Waals surface area contributed by atoms with Gasteiger partial charge in [-0.3, -0.25) is 4.79 Å². The van der Waals surface area contributed by atoms with Gasteiger partial charge in [0.1, 0.15) is 0 Å². The highest BCUT2D eigenvalue weighted by atomic mass is 32.2. The molecule has 0 bridgehead atoms. The zero-order chi connectivity index (χ0) is 21.1. The number of hydrogen-bond acceptors (Lipinski definition) is 5. The van der Waals surface area contributed by atoms with E-state index in [1.165, 1.54) is 31.3 Å². The van der Waals surface area contributed by atoms with E-state index in [1.54, 1.807) is 31.2 Å². The number of benzene rings is 2. The van der Waals surface area contributed by atoms with Gasteiger partial charge in [-0.15, -0.1) is 0 Å². The SMILES string of the molecule is Cc1ccc(S(=O)(=O)N(C)CC(=O)N[C@@H](C)c2ccc(S(C)(=O)=O)cc2)cc1. The molecule has 0 unspecified atom stereocenters. The Bertz CT molecular complexity index is 1040. The Balaban J connectivity index is 2.03. The molecule has 28 heavy (non-hydrogen) atoms. The molecule has 2 aromatic carbocycles. The van der Waals surface area contributed by atoms with Crippen molar-refractivity contribution in [1.29, 1.82) is 0 Å². The lowest BCUT2D eigenvalue weighted by Crippen LogP contribution is -2.39. The van der Waals surface area contributed by atoms with Gasteiger partial charge < -0.3 is 5.32 Å². The van der Waals surface area contributed by atoms with Crippen molar-refractivity contribution in [3.8, 4) is 0 Å². The Labute approximate surface area is 166 Å². The van der Waals surface area contributed by atoms with Crippen LogP contribution < -0.4 is 5.32 Å². The summed E-state index contributed by atoms with van der Waals surface area (Å²) in [6.45, 7) is 3.27. The van der Waals surface area contributed by atoms with Crippen LogP contribution in [0.25, 0.3) is 0 Å². The fourth-order valence-electron chi connectivity index (χ4n) is 2.55. The second-order valence-corrected chi connectivity index (χ2v) is 10.8. The van der Waals surface area contributed by atoms with Crippen LogP contribution >= 0.6 is 0 Å². The molecule has 0 fully saturated rings. The minimum atomic E-state index is -3.77. The predicted octanol–water partition coefficient (Wildman–Crippen LogP) is 1.90. The minimum Gasteiger partial charge on any atom is -0.348 e. The summed E-state index contributed by atoms with van der Waals surface area (Å²) in [6, 6.07) is 12.2. The van der Waals surface area contributed by atoms with Crippen molar-refractivity contribution < 1.29 is 21.6 Å². The highest BCUT2D eigenvalue weighted by Crippen LogP contribution is 2.17. The normalized spacial score (nSPS) is 13.3. The molecule has 152 valence electrons. The second kappa shape index (κ2) is 8.42. The molecule has 2 aromatic rings. The predicted molar refractivity (Wildman–Crippen MR) is 107 cm³/mol. The molecule has 1 atom stereocenters. The number of nitrogens with one attached hydrogen (secondary N) is 1. The Hall–Kier alpha value is -2.23. The Kier molecular flexibility index (Phi) is 6.63. The molecule has 0 aliphatic heterocycles. The van der Waals surface area contributed by atoms with Crippen LogP contribution in [0.2, 0.25) is 0 Å². The summed E-state index contributed by atoms with van der Waals surface area (Å²) in [5.41, 5.74) is 1.65. The van der Waals surface area contributed by atoms with Crippen molar-refractivity contribution in [3.05, 3.63) is 59.7 Å². The van der Waals surface area contributed by atoms with E-state index in [4.69, 9.17) is 0 Å². The summed E-state index contributed by atoms with van der Waals surface area (Å²) in [4.78, 5) is 12.6. The van der Waals surface area contributed by atoms with Gasteiger partial charge in [0.15, 0.2) is 9.84 Å². The molecule has 7 nitrogen and oxygen atoms in total. The number of sulfone groups is 1. The molecular formula is C19H24N2O5S2. The minimum absolute atomic E-state index is 0.123. The van der Waals surface area contributed by atoms with Crippen LogP contribution in [0.3, 0.4) is 0 Å². The van der Waals surface area contributed by atoms with E-state index in [0.29, 0.717) is 5.56 Å². The van der Waals surface area contributed by atoms with Gasteiger partial charge in [0.25, 0.3) is 0 Å². The van der Waals surface area contributed by atoms with E-state index in [-0.39, 0.29) is 16.3 Å². The average Bonchev–Trinajstić information content (AvgIpc) is 2.61. The van der Waals surface area contributed by atoms with Gasteiger partial charge in [-0.25, -0.2) is 16.8 Å². The molecule has 0 aromatic heterocycles. The monoisotopic (exact) mass is 424 g/mol. The zero-order valence-corrected chi connectivity index (χ0v) is 17.8. The van der Waals surface area contributed by atoms with E-state index in [0.717, 1.165) is 16.1 Å². The first-order chi connectivity index (χ1) is 12.9. The Morgan fingerprint density at radius 1 is 0.964 bits per heavy atom. The number of sulfonamides is 1. The number of rotatable bonds is 7. The first-order valence-electron chi connectivity index (χ1n) is 8.53. The van der Waals surface area contributed by atoms with Gasteiger partial charge in [-0.05, 0) is 43.7 Å². The molecule has 0 heterocycles. The maximum absolute atomic E-state index is 12.6. The van der Waals surface area contributed by atoms with Crippen LogP contribution in [0.1, 0.15) is 24.1 Å². The summed E-state index contributed by atoms with van der Waals surface area (Å²) in [5.74, 6) is -0.460. The number of hydrogen-bond donors (Lipinski definition) is 1. The van der Waals surface area contributed by atoms with Crippen molar-refractivity contribution in [2.75, 3.05) is 19.8 Å². The average molecular weight is 425 g/mol. The van der Waals surface area contributed by atoms with Crippen molar-refractivity contribution in [2.45, 2.75) is 29.7 Å². The van der Waals surface area contributed by atoms with Crippen LogP contribution in [0.5, 0.6) is 0 Å². The van der Waals surface area contributed by atoms with Crippen LogP contribution in [0.4, 0.5) is 0 Å². The van der Waals surface area contributed by atoms with E-state index in [1.807, 2.05) is 6.92 Å². The molecule has 0 aliphatic carbocycles. The number of nitrogens with zero attached hydrogens (tertiary/aromatic N) is 1. The molecule has 1 N–H and O–H groups in total. The molecule has 1 amide bonds. The topological polar surface area (TPSA) is 101 Å². The first kappa shape index (κ1) is 22.1. The number of aryl methyl sites for hydroxylation is 1. The summed E-state index contributed by atoms with van der Waals surface area (Å²) in [5, 5.41) is 2.72. The lowest BCUT2D eigenvalue weighted by atomic mass is 10.1. The molecule has 0 saturated heterocycles. The quantitative estimate of drug-likeness (QED) is 0.732. The van der Waals surface area contributed by atoms with Crippen molar-refractivity contribution >= 4 is 25.8 Å². The van der Waals surface area contributed by atoms with Crippen molar-refractivity contribution in [1.82, 2.24) is 9.62 Å². The van der Waals surface area contributed by atoms with Crippen LogP contribution in [0.15, 0.2) is 58.3 Å². The number of carbonyl (C=O) groups is 1. The van der Waals surface area contributed by atoms with Crippen molar-refractivity contribution in [3.63, 3.8) is 0 Å². The summed E-state index contributed by atoms with van der Waals surface area (Å²) >= 11 is 0. The van der Waals surface area contributed by atoms with Gasteiger partial charge in [-0.1, -0.05) is 29.8 Å². The van der Waals surface area contributed by atoms with Gasteiger partial charge in [0, 0.05) is 13.3 Å². The van der Waals surface area contributed by atoms with Gasteiger partial charge >= 0.3 is 0 Å². The summed E-state index contributed by atoms with van der Waals surface area (Å²) < 4.78 is 49.1. The van der Waals surface area contributed by atoms with Crippen LogP contribution in [0, 0.1) is 6.92 Å². The van der Waals surface area contributed by atoms with Crippen LogP contribution in [-0.4, -0.2) is 46.9 Å². The molecule has 0 saturated carbocycles. The lowest BCUT2D eigenvalue weighted by Gasteiger charge is -2.19. The fourth-order valence-corrected chi connectivity index (χ4v) is 4.31. The number of carbonyl (C=O) groups excluding carboxylic acids is 1. The van der Waals surface area contributed by atoms with Gasteiger partial charge in [-0.2, -0.15) is 4.31 Å². The highest BCUT2D eigenvalue weighted by Gasteiger charge is 2.23. The van der Waals surface area contributed by atoms with E-state index in [9.17, 15) is 21.6 Å². The Morgan fingerprint density at radius 2 is 1.46 bits per heavy atom. The molecule has 2 rings (SSSR count). The molecule has 0 aliphatic rings. The largest absolute Gasteiger partial charge is 0.348 e. The van der Waals surface area contributed by atoms with E-state index >= 15 is 0 Å². The van der Waals surface area contributed by atoms with Crippen molar-refractivity contribution in [2.24, 2.45) is 0 Å². The van der Waals surface area contributed by atoms with Crippen LogP contribution in [-0.2, 0) is 24.7 Å². The standard InChI is InChI=1S/C19H24N2O5S2/c1-14-5-9-18(10-6-14)28(25,26)21(3)13-19(22)20-15(2)16-7-11-17(12-8-16)27(4,23)24/h5-12,15H,13H2,1-4H3,(H,20,22)/t15-/m0/s1. The second-order valence-electron chi connectivity index (χ2n) is 6.70. The molecular weight excluding hydrogens is 400 g/mol. The lowest BCUT2D eigenvalue weighted by molar-refractivity contribution is -0.121.